The Morgan fingerprint density at radius 3 is 1.98 bits per heavy atom. The van der Waals surface area contributed by atoms with Gasteiger partial charge in [-0.3, -0.25) is 14.5 Å². The second-order valence-corrected chi connectivity index (χ2v) is 9.32. The molecule has 3 aromatic rings. The predicted octanol–water partition coefficient (Wildman–Crippen LogP) is 2.67. The van der Waals surface area contributed by atoms with Gasteiger partial charge in [0.15, 0.2) is 25.5 Å². The van der Waals surface area contributed by atoms with Crippen molar-refractivity contribution < 1.29 is 42.9 Å². The Labute approximate surface area is 247 Å². The van der Waals surface area contributed by atoms with Crippen LogP contribution in [0.4, 0.5) is 0 Å². The molecule has 4 rings (SSSR count). The lowest BCUT2D eigenvalue weighted by atomic mass is 10.0. The van der Waals surface area contributed by atoms with Crippen molar-refractivity contribution in [1.29, 1.82) is 0 Å². The number of amides is 2. The van der Waals surface area contributed by atoms with Gasteiger partial charge in [0.1, 0.15) is 24.7 Å². The molecule has 1 heterocycles. The molecular weight excluding hydrogens is 568 g/mol. The number of carbonyl (C=O) groups excluding carboxylic acids is 4. The molecule has 1 aliphatic heterocycles. The zero-order valence-electron chi connectivity index (χ0n) is 22.4. The molecule has 0 aliphatic carbocycles. The Bertz CT molecular complexity index is 1330. The highest BCUT2D eigenvalue weighted by Gasteiger charge is 2.54. The van der Waals surface area contributed by atoms with Gasteiger partial charge in [0.05, 0.1) is 6.61 Å². The number of likely N-dealkylation sites (tertiary alicyclic amines) is 1. The first-order valence-corrected chi connectivity index (χ1v) is 13.4. The van der Waals surface area contributed by atoms with Crippen LogP contribution in [0, 0.1) is 0 Å². The van der Waals surface area contributed by atoms with Gasteiger partial charge >= 0.3 is 11.9 Å². The maximum atomic E-state index is 13.0. The van der Waals surface area contributed by atoms with E-state index >= 15 is 0 Å². The van der Waals surface area contributed by atoms with Crippen LogP contribution >= 0.6 is 11.6 Å². The summed E-state index contributed by atoms with van der Waals surface area (Å²) in [4.78, 5) is 51.1. The number of carbonyl (C=O) groups is 4. The smallest absolute Gasteiger partial charge is 0.345 e. The summed E-state index contributed by atoms with van der Waals surface area (Å²) in [6, 6.07) is 25.2. The maximum absolute atomic E-state index is 13.0. The van der Waals surface area contributed by atoms with E-state index in [-0.39, 0.29) is 33.0 Å². The van der Waals surface area contributed by atoms with Crippen molar-refractivity contribution in [2.75, 3.05) is 26.4 Å². The van der Waals surface area contributed by atoms with Crippen molar-refractivity contribution in [2.45, 2.75) is 24.4 Å². The minimum Gasteiger partial charge on any atom is -0.484 e. The van der Waals surface area contributed by atoms with Crippen molar-refractivity contribution in [3.05, 3.63) is 96.6 Å². The number of halogens is 1. The molecule has 1 unspecified atom stereocenters. The van der Waals surface area contributed by atoms with Crippen LogP contribution in [-0.4, -0.2) is 72.9 Å². The first kappa shape index (κ1) is 30.4. The number of hydrogen-bond donors (Lipinski definition) is 1. The third kappa shape index (κ3) is 8.69. The van der Waals surface area contributed by atoms with Gasteiger partial charge in [0.2, 0.25) is 5.50 Å². The number of rotatable bonds is 15. The van der Waals surface area contributed by atoms with Gasteiger partial charge in [0.25, 0.3) is 11.8 Å². The van der Waals surface area contributed by atoms with Crippen LogP contribution in [0.5, 0.6) is 11.5 Å². The van der Waals surface area contributed by atoms with Crippen LogP contribution in [0.2, 0.25) is 0 Å². The van der Waals surface area contributed by atoms with E-state index in [1.165, 1.54) is 0 Å². The third-order valence-corrected chi connectivity index (χ3v) is 6.30. The molecule has 3 aromatic carbocycles. The lowest BCUT2D eigenvalue weighted by Crippen LogP contribution is -2.74. The van der Waals surface area contributed by atoms with Gasteiger partial charge in [-0.1, -0.05) is 78.3 Å². The predicted molar refractivity (Wildman–Crippen MR) is 149 cm³/mol. The molecule has 2 amide bonds. The summed E-state index contributed by atoms with van der Waals surface area (Å²) in [6.07, 6.45) is -1.13. The van der Waals surface area contributed by atoms with E-state index in [9.17, 15) is 19.2 Å². The number of nitrogens with one attached hydrogen (secondary N) is 1. The minimum atomic E-state index is -1.53. The highest BCUT2D eigenvalue weighted by molar-refractivity contribution is 6.31. The molecule has 1 N–H and O–H groups in total. The fraction of sp³-hybridized carbons (Fsp3) is 0.267. The van der Waals surface area contributed by atoms with Gasteiger partial charge in [-0.2, -0.15) is 0 Å². The summed E-state index contributed by atoms with van der Waals surface area (Å²) in [5.41, 5.74) is -0.791. The van der Waals surface area contributed by atoms with E-state index in [1.54, 1.807) is 78.9 Å². The van der Waals surface area contributed by atoms with Crippen LogP contribution in [0.3, 0.4) is 0 Å². The van der Waals surface area contributed by atoms with Gasteiger partial charge in [-0.25, -0.2) is 9.59 Å². The first-order valence-electron chi connectivity index (χ1n) is 13.0. The van der Waals surface area contributed by atoms with Gasteiger partial charge < -0.3 is 29.0 Å². The summed E-state index contributed by atoms with van der Waals surface area (Å²) in [5.74, 6) is -1.76. The molecule has 3 atom stereocenters. The van der Waals surface area contributed by atoms with Crippen molar-refractivity contribution in [1.82, 2.24) is 10.2 Å². The van der Waals surface area contributed by atoms with E-state index in [2.05, 4.69) is 5.32 Å². The van der Waals surface area contributed by atoms with E-state index in [0.29, 0.717) is 11.5 Å². The van der Waals surface area contributed by atoms with Gasteiger partial charge in [-0.15, -0.1) is 0 Å². The zero-order chi connectivity index (χ0) is 29.7. The first-order chi connectivity index (χ1) is 20.4. The molecule has 0 saturated carbocycles. The molecule has 12 heteroatoms. The lowest BCUT2D eigenvalue weighted by Gasteiger charge is -2.47. The molecule has 11 nitrogen and oxygen atoms in total. The summed E-state index contributed by atoms with van der Waals surface area (Å²) in [5, 5.41) is 2.54. The summed E-state index contributed by atoms with van der Waals surface area (Å²) >= 11 is 6.31. The average Bonchev–Trinajstić information content (AvgIpc) is 3.03. The average molecular weight is 597 g/mol. The number of hydrogen-bond acceptors (Lipinski definition) is 9. The Morgan fingerprint density at radius 2 is 1.36 bits per heavy atom. The van der Waals surface area contributed by atoms with Gasteiger partial charge in [0, 0.05) is 0 Å². The summed E-state index contributed by atoms with van der Waals surface area (Å²) < 4.78 is 26.9. The molecule has 1 aliphatic rings. The van der Waals surface area contributed by atoms with Crippen molar-refractivity contribution >= 4 is 35.4 Å². The standard InChI is InChI=1S/C30H29ClN2O9/c31-27(30(37)42-18-21-10-4-1-5-11-21)33-28(36)26(32-24(34)19-40-22-12-6-2-7-13-22)29(33)39-17-16-38-25(35)20-41-23-14-8-3-9-15-23/h1-15,26-27,29H,16-20H2,(H,32,34)/t26-,27?,29-/m0/s1. The van der Waals surface area contributed by atoms with Crippen molar-refractivity contribution in [3.8, 4) is 11.5 Å². The number of β-lactam (4-membered cyclic amide) rings is 1. The minimum absolute atomic E-state index is 0.0472. The van der Waals surface area contributed by atoms with E-state index in [0.717, 1.165) is 10.5 Å². The quantitative estimate of drug-likeness (QED) is 0.0925. The SMILES string of the molecule is O=C(COc1ccccc1)N[C@H]1C(=O)N(C(Cl)C(=O)OCc2ccccc2)[C@H]1OCCOC(=O)COc1ccccc1. The topological polar surface area (TPSA) is 130 Å². The third-order valence-electron chi connectivity index (χ3n) is 5.91. The number of esters is 2. The van der Waals surface area contributed by atoms with E-state index in [1.807, 2.05) is 12.1 Å². The van der Waals surface area contributed by atoms with Crippen molar-refractivity contribution in [3.63, 3.8) is 0 Å². The number of benzene rings is 3. The monoisotopic (exact) mass is 596 g/mol. The van der Waals surface area contributed by atoms with Crippen LogP contribution in [0.15, 0.2) is 91.0 Å². The Kier molecular flexibility index (Phi) is 11.1. The number of alkyl halides is 1. The molecule has 1 saturated heterocycles. The fourth-order valence-electron chi connectivity index (χ4n) is 3.85. The molecule has 0 spiro atoms. The molecule has 42 heavy (non-hydrogen) atoms. The lowest BCUT2D eigenvalue weighted by molar-refractivity contribution is -0.196. The van der Waals surface area contributed by atoms with Gasteiger partial charge in [-0.05, 0) is 29.8 Å². The molecule has 0 aromatic heterocycles. The highest BCUT2D eigenvalue weighted by atomic mass is 35.5. The molecule has 1 fully saturated rings. The molecule has 220 valence electrons. The van der Waals surface area contributed by atoms with Crippen LogP contribution < -0.4 is 14.8 Å². The molecule has 0 radical (unpaired) electrons. The molecular formula is C30H29ClN2O9. The largest absolute Gasteiger partial charge is 0.484 e. The fourth-order valence-corrected chi connectivity index (χ4v) is 4.12. The van der Waals surface area contributed by atoms with Crippen LogP contribution in [0.1, 0.15) is 5.56 Å². The normalized spacial score (nSPS) is 16.5. The molecule has 0 bridgehead atoms. The maximum Gasteiger partial charge on any atom is 0.345 e. The zero-order valence-corrected chi connectivity index (χ0v) is 23.2. The Balaban J connectivity index is 1.30. The Morgan fingerprint density at radius 1 is 0.786 bits per heavy atom. The van der Waals surface area contributed by atoms with Crippen molar-refractivity contribution in [2.24, 2.45) is 0 Å². The number of nitrogens with zero attached hydrogens (tertiary/aromatic N) is 1. The summed E-state index contributed by atoms with van der Waals surface area (Å²) in [6.45, 7) is -1.06. The second kappa shape index (κ2) is 15.4. The van der Waals surface area contributed by atoms with E-state index in [4.69, 9.17) is 35.3 Å². The highest BCUT2D eigenvalue weighted by Crippen LogP contribution is 2.27. The second-order valence-electron chi connectivity index (χ2n) is 8.91. The number of para-hydroxylation sites is 2. The van der Waals surface area contributed by atoms with Crippen LogP contribution in [-0.2, 0) is 40.0 Å². The van der Waals surface area contributed by atoms with E-state index < -0.39 is 41.5 Å². The Hall–Kier alpha value is -4.61. The van der Waals surface area contributed by atoms with Crippen LogP contribution in [0.25, 0.3) is 0 Å². The number of ether oxygens (including phenoxy) is 5. The summed E-state index contributed by atoms with van der Waals surface area (Å²) in [7, 11) is 0.